The van der Waals surface area contributed by atoms with Crippen molar-refractivity contribution in [2.45, 2.75) is 79.1 Å². The van der Waals surface area contributed by atoms with Crippen LogP contribution in [0.15, 0.2) is 30.0 Å². The maximum Gasteiger partial charge on any atom is 0.336 e. The molecule has 0 saturated heterocycles. The largest absolute Gasteiger partial charge is 0.470 e. The highest BCUT2D eigenvalue weighted by Gasteiger charge is 2.17. The second-order valence-corrected chi connectivity index (χ2v) is 8.02. The first-order valence-electron chi connectivity index (χ1n) is 11.7. The first-order valence-corrected chi connectivity index (χ1v) is 11.7. The lowest BCUT2D eigenvalue weighted by molar-refractivity contribution is -0.140. The lowest BCUT2D eigenvalue weighted by Crippen LogP contribution is -2.22. The third kappa shape index (κ3) is 9.83. The number of hydrogen-bond acceptors (Lipinski definition) is 3. The van der Waals surface area contributed by atoms with Crippen LogP contribution in [0.1, 0.15) is 84.6 Å². The summed E-state index contributed by atoms with van der Waals surface area (Å²) in [7, 11) is 0. The Hall–Kier alpha value is -2.61. The van der Waals surface area contributed by atoms with E-state index in [0.717, 1.165) is 56.9 Å². The lowest BCUT2D eigenvalue weighted by Gasteiger charge is -2.15. The van der Waals surface area contributed by atoms with Crippen molar-refractivity contribution in [2.24, 2.45) is 11.8 Å². The molecule has 1 rings (SSSR count). The van der Waals surface area contributed by atoms with E-state index in [9.17, 15) is 9.59 Å². The number of esters is 1. The van der Waals surface area contributed by atoms with Gasteiger partial charge in [0.2, 0.25) is 5.91 Å². The summed E-state index contributed by atoms with van der Waals surface area (Å²) in [5, 5.41) is 2.96. The molecule has 5 nitrogen and oxygen atoms in total. The van der Waals surface area contributed by atoms with Crippen LogP contribution in [0.5, 0.6) is 0 Å². The third-order valence-electron chi connectivity index (χ3n) is 5.57. The molecule has 0 spiro atoms. The van der Waals surface area contributed by atoms with Gasteiger partial charge in [0, 0.05) is 11.6 Å². The number of rotatable bonds is 14. The topological polar surface area (TPSA) is 59.8 Å². The van der Waals surface area contributed by atoms with Gasteiger partial charge in [-0.1, -0.05) is 71.9 Å². The zero-order valence-electron chi connectivity index (χ0n) is 19.6. The van der Waals surface area contributed by atoms with E-state index in [4.69, 9.17) is 11.3 Å². The van der Waals surface area contributed by atoms with E-state index < -0.39 is 5.97 Å². The number of nitrogens with zero attached hydrogens (tertiary/aromatic N) is 1. The number of amides is 1. The first kappa shape index (κ1) is 26.4. The number of carbonyl (C=O) groups is 2. The molecule has 0 aromatic heterocycles. The van der Waals surface area contributed by atoms with Crippen molar-refractivity contribution in [1.82, 2.24) is 0 Å². The van der Waals surface area contributed by atoms with Gasteiger partial charge in [-0.3, -0.25) is 9.59 Å². The van der Waals surface area contributed by atoms with Crippen molar-refractivity contribution >= 4 is 23.6 Å². The van der Waals surface area contributed by atoms with Gasteiger partial charge >= 0.3 is 5.97 Å². The molecule has 0 fully saturated rings. The van der Waals surface area contributed by atoms with Crippen LogP contribution in [0.3, 0.4) is 0 Å². The Balaban J connectivity index is 2.71. The Morgan fingerprint density at radius 3 is 2.23 bits per heavy atom. The summed E-state index contributed by atoms with van der Waals surface area (Å²) in [5.74, 6) is -0.183. The monoisotopic (exact) mass is 426 g/mol. The molecule has 5 heteroatoms. The van der Waals surface area contributed by atoms with Gasteiger partial charge in [-0.15, -0.1) is 0 Å². The average Bonchev–Trinajstić information content (AvgIpc) is 2.79. The second kappa shape index (κ2) is 15.2. The minimum atomic E-state index is -0.580. The molecule has 0 aliphatic carbocycles. The molecule has 0 saturated carbocycles. The molecular weight excluding hydrogens is 388 g/mol. The van der Waals surface area contributed by atoms with E-state index in [0.29, 0.717) is 18.2 Å². The Bertz CT molecular complexity index is 747. The van der Waals surface area contributed by atoms with Crippen molar-refractivity contribution < 1.29 is 14.3 Å². The zero-order valence-corrected chi connectivity index (χ0v) is 19.6. The van der Waals surface area contributed by atoms with Crippen molar-refractivity contribution in [3.63, 3.8) is 0 Å². The molecule has 0 heterocycles. The number of hydrogen-bond donors (Lipinski definition) is 1. The normalized spacial score (nSPS) is 13.2. The molecule has 0 bridgehead atoms. The summed E-state index contributed by atoms with van der Waals surface area (Å²) in [6, 6.07) is 7.16. The Morgan fingerprint density at radius 2 is 1.68 bits per heavy atom. The maximum atomic E-state index is 12.4. The van der Waals surface area contributed by atoms with Gasteiger partial charge in [-0.25, -0.2) is 4.85 Å². The minimum absolute atomic E-state index is 0.0206. The first-order chi connectivity index (χ1) is 15.0. The van der Waals surface area contributed by atoms with Gasteiger partial charge < -0.3 is 10.1 Å². The highest BCUT2D eigenvalue weighted by atomic mass is 16.5. The van der Waals surface area contributed by atoms with Crippen molar-refractivity contribution in [1.29, 1.82) is 0 Å². The molecule has 0 aliphatic rings. The number of unbranched alkanes of at least 4 members (excludes halogenated alkanes) is 2. The number of ether oxygens (including phenoxy) is 1. The summed E-state index contributed by atoms with van der Waals surface area (Å²) >= 11 is 0. The van der Waals surface area contributed by atoms with E-state index >= 15 is 0 Å². The average molecular weight is 427 g/mol. The number of nitrogens with one attached hydrogen (secondary N) is 1. The quantitative estimate of drug-likeness (QED) is 0.201. The molecule has 2 unspecified atom stereocenters. The predicted molar refractivity (Wildman–Crippen MR) is 127 cm³/mol. The molecule has 170 valence electrons. The van der Waals surface area contributed by atoms with Crippen LogP contribution in [-0.4, -0.2) is 18.5 Å². The van der Waals surface area contributed by atoms with E-state index in [1.807, 2.05) is 6.92 Å². The summed E-state index contributed by atoms with van der Waals surface area (Å²) in [6.07, 6.45) is 9.58. The maximum absolute atomic E-state index is 12.4. The van der Waals surface area contributed by atoms with Crippen LogP contribution >= 0.6 is 0 Å². The van der Waals surface area contributed by atoms with E-state index in [2.05, 4.69) is 30.9 Å². The number of benzene rings is 1. The van der Waals surface area contributed by atoms with E-state index in [1.54, 1.807) is 24.3 Å². The predicted octanol–water partition coefficient (Wildman–Crippen LogP) is 6.86. The van der Waals surface area contributed by atoms with Gasteiger partial charge in [-0.2, -0.15) is 0 Å². The van der Waals surface area contributed by atoms with Crippen LogP contribution < -0.4 is 5.32 Å². The van der Waals surface area contributed by atoms with Crippen molar-refractivity contribution in [3.05, 3.63) is 46.9 Å². The highest BCUT2D eigenvalue weighted by Crippen LogP contribution is 2.19. The Morgan fingerprint density at radius 1 is 1.03 bits per heavy atom. The smallest absolute Gasteiger partial charge is 0.336 e. The molecule has 1 amide bonds. The minimum Gasteiger partial charge on any atom is -0.470 e. The van der Waals surface area contributed by atoms with Crippen LogP contribution in [0.4, 0.5) is 5.69 Å². The Labute approximate surface area is 188 Å². The fraction of sp³-hybridized carbons (Fsp3) is 0.577. The summed E-state index contributed by atoms with van der Waals surface area (Å²) in [4.78, 5) is 28.1. The number of anilines is 1. The van der Waals surface area contributed by atoms with Crippen LogP contribution in [0, 0.1) is 18.4 Å². The van der Waals surface area contributed by atoms with Gasteiger partial charge in [0.05, 0.1) is 13.2 Å². The van der Waals surface area contributed by atoms with Crippen LogP contribution in [0.2, 0.25) is 0 Å². The molecule has 31 heavy (non-hydrogen) atoms. The summed E-state index contributed by atoms with van der Waals surface area (Å²) in [5.41, 5.74) is 1.40. The lowest BCUT2D eigenvalue weighted by atomic mass is 9.98. The molecule has 1 aromatic rings. The fourth-order valence-corrected chi connectivity index (χ4v) is 3.34. The van der Waals surface area contributed by atoms with Gasteiger partial charge in [-0.05, 0) is 49.0 Å². The zero-order chi connectivity index (χ0) is 23.1. The van der Waals surface area contributed by atoms with Crippen molar-refractivity contribution in [2.75, 3.05) is 11.9 Å². The van der Waals surface area contributed by atoms with Crippen LogP contribution in [-0.2, 0) is 14.3 Å². The van der Waals surface area contributed by atoms with Crippen LogP contribution in [0.25, 0.3) is 10.9 Å². The molecule has 0 radical (unpaired) electrons. The molecular formula is C26H38N2O3. The van der Waals surface area contributed by atoms with Gasteiger partial charge in [0.15, 0.2) is 0 Å². The Kier molecular flexibility index (Phi) is 13.0. The SMILES string of the molecule is [C-]#[N+]C(=Cc1ccc(NC(=O)C(CC)CCCC)cc1)C(=O)OCC(CC)CCCC. The van der Waals surface area contributed by atoms with E-state index in [1.165, 1.54) is 6.08 Å². The van der Waals surface area contributed by atoms with E-state index in [-0.39, 0.29) is 17.5 Å². The summed E-state index contributed by atoms with van der Waals surface area (Å²) in [6.45, 7) is 16.1. The number of carbonyl (C=O) groups excluding carboxylic acids is 2. The third-order valence-corrected chi connectivity index (χ3v) is 5.57. The van der Waals surface area contributed by atoms with Gasteiger partial charge in [0.1, 0.15) is 0 Å². The molecule has 2 atom stereocenters. The molecule has 0 aliphatic heterocycles. The molecule has 1 aromatic carbocycles. The standard InChI is InChI=1S/C26H38N2O3/c1-6-10-12-20(8-3)19-31-26(30)24(27-5)18-21-14-16-23(17-15-21)28-25(29)22(9-4)13-11-7-2/h14-18,20,22H,6-13,19H2,1-4H3,(H,28,29). The molecule has 1 N–H and O–H groups in total. The van der Waals surface area contributed by atoms with Crippen molar-refractivity contribution in [3.8, 4) is 0 Å². The summed E-state index contributed by atoms with van der Waals surface area (Å²) < 4.78 is 5.39. The highest BCUT2D eigenvalue weighted by molar-refractivity contribution is 5.96. The van der Waals surface area contributed by atoms with Gasteiger partial charge in [0.25, 0.3) is 5.70 Å². The fourth-order valence-electron chi connectivity index (χ4n) is 3.34. The second-order valence-electron chi connectivity index (χ2n) is 8.02.